The zero-order valence-electron chi connectivity index (χ0n) is 11.7. The van der Waals surface area contributed by atoms with Gasteiger partial charge in [0, 0.05) is 5.39 Å². The third kappa shape index (κ3) is 2.48. The molecule has 0 unspecified atom stereocenters. The lowest BCUT2D eigenvalue weighted by Crippen LogP contribution is -2.23. The molecule has 0 aliphatic carbocycles. The maximum absolute atomic E-state index is 12.6. The van der Waals surface area contributed by atoms with Gasteiger partial charge in [-0.25, -0.2) is 0 Å². The lowest BCUT2D eigenvalue weighted by atomic mass is 10.1. The minimum atomic E-state index is -0.0755. The van der Waals surface area contributed by atoms with Crippen molar-refractivity contribution in [3.63, 3.8) is 0 Å². The normalized spacial score (nSPS) is 10.7. The van der Waals surface area contributed by atoms with Gasteiger partial charge in [-0.3, -0.25) is 9.36 Å². The molecule has 0 spiro atoms. The highest BCUT2D eigenvalue weighted by atomic mass is 16.5. The second kappa shape index (κ2) is 5.32. The number of nitrogens with zero attached hydrogens (tertiary/aromatic N) is 1. The van der Waals surface area contributed by atoms with E-state index in [2.05, 4.69) is 0 Å². The first kappa shape index (κ1) is 13.2. The Hall–Kier alpha value is -2.75. The molecule has 106 valence electrons. The first-order valence-electron chi connectivity index (χ1n) is 6.70. The number of aromatic nitrogens is 1. The first-order valence-corrected chi connectivity index (χ1v) is 6.70. The second-order valence-corrected chi connectivity index (χ2v) is 4.90. The molecule has 0 saturated heterocycles. The molecule has 0 bridgehead atoms. The summed E-state index contributed by atoms with van der Waals surface area (Å²) in [6.45, 7) is 0.423. The zero-order chi connectivity index (χ0) is 14.8. The van der Waals surface area contributed by atoms with Crippen LogP contribution in [0.25, 0.3) is 10.8 Å². The van der Waals surface area contributed by atoms with Gasteiger partial charge in [-0.05, 0) is 35.2 Å². The van der Waals surface area contributed by atoms with Crippen LogP contribution in [0.15, 0.2) is 59.4 Å². The Kier molecular flexibility index (Phi) is 3.36. The number of hydrogen-bond acceptors (Lipinski definition) is 3. The van der Waals surface area contributed by atoms with Crippen molar-refractivity contribution in [1.82, 2.24) is 4.57 Å². The Morgan fingerprint density at radius 2 is 1.90 bits per heavy atom. The molecule has 3 aromatic rings. The van der Waals surface area contributed by atoms with Crippen LogP contribution in [0, 0.1) is 0 Å². The molecule has 4 nitrogen and oxygen atoms in total. The minimum absolute atomic E-state index is 0.0755. The summed E-state index contributed by atoms with van der Waals surface area (Å²) in [6, 6.07) is 16.9. The molecule has 0 atom stereocenters. The molecule has 2 N–H and O–H groups in total. The molecule has 3 rings (SSSR count). The number of ether oxygens (including phenoxy) is 1. The predicted molar refractivity (Wildman–Crippen MR) is 84.7 cm³/mol. The molecule has 4 heteroatoms. The number of fused-ring (bicyclic) bond motifs is 1. The van der Waals surface area contributed by atoms with Crippen molar-refractivity contribution in [1.29, 1.82) is 0 Å². The molecule has 1 aromatic heterocycles. The van der Waals surface area contributed by atoms with Crippen molar-refractivity contribution in [3.05, 3.63) is 70.5 Å². The third-order valence-corrected chi connectivity index (χ3v) is 3.53. The van der Waals surface area contributed by atoms with Gasteiger partial charge in [0.2, 0.25) is 0 Å². The van der Waals surface area contributed by atoms with Gasteiger partial charge in [0.25, 0.3) is 5.56 Å². The number of anilines is 1. The Bertz CT molecular complexity index is 853. The molecule has 0 radical (unpaired) electrons. The van der Waals surface area contributed by atoms with E-state index < -0.39 is 0 Å². The van der Waals surface area contributed by atoms with Gasteiger partial charge in [0.1, 0.15) is 11.6 Å². The number of hydrogen-bond donors (Lipinski definition) is 1. The van der Waals surface area contributed by atoms with E-state index in [1.165, 1.54) is 0 Å². The lowest BCUT2D eigenvalue weighted by Gasteiger charge is -2.12. The van der Waals surface area contributed by atoms with Crippen molar-refractivity contribution in [2.24, 2.45) is 0 Å². The number of nitrogen functional groups attached to an aromatic ring is 1. The van der Waals surface area contributed by atoms with Gasteiger partial charge < -0.3 is 10.5 Å². The summed E-state index contributed by atoms with van der Waals surface area (Å²) in [4.78, 5) is 12.6. The molecule has 0 fully saturated rings. The number of nitrogens with two attached hydrogens (primary N) is 1. The lowest BCUT2D eigenvalue weighted by molar-refractivity contribution is 0.414. The van der Waals surface area contributed by atoms with Crippen LogP contribution in [-0.2, 0) is 6.54 Å². The van der Waals surface area contributed by atoms with E-state index in [1.807, 2.05) is 54.6 Å². The van der Waals surface area contributed by atoms with E-state index in [0.29, 0.717) is 17.7 Å². The van der Waals surface area contributed by atoms with Crippen molar-refractivity contribution < 1.29 is 4.74 Å². The van der Waals surface area contributed by atoms with E-state index in [9.17, 15) is 4.79 Å². The minimum Gasteiger partial charge on any atom is -0.497 e. The monoisotopic (exact) mass is 280 g/mol. The maximum Gasteiger partial charge on any atom is 0.260 e. The van der Waals surface area contributed by atoms with Gasteiger partial charge in [-0.1, -0.05) is 30.3 Å². The highest BCUT2D eigenvalue weighted by Gasteiger charge is 2.07. The molecular weight excluding hydrogens is 264 g/mol. The van der Waals surface area contributed by atoms with E-state index in [-0.39, 0.29) is 5.56 Å². The molecule has 1 heterocycles. The average molecular weight is 280 g/mol. The van der Waals surface area contributed by atoms with Crippen LogP contribution >= 0.6 is 0 Å². The van der Waals surface area contributed by atoms with Crippen LogP contribution in [0.3, 0.4) is 0 Å². The second-order valence-electron chi connectivity index (χ2n) is 4.90. The Morgan fingerprint density at radius 3 is 2.71 bits per heavy atom. The van der Waals surface area contributed by atoms with Gasteiger partial charge >= 0.3 is 0 Å². The summed E-state index contributed by atoms with van der Waals surface area (Å²) < 4.78 is 6.79. The zero-order valence-corrected chi connectivity index (χ0v) is 11.7. The van der Waals surface area contributed by atoms with Gasteiger partial charge in [-0.15, -0.1) is 0 Å². The Labute approximate surface area is 122 Å². The Balaban J connectivity index is 2.10. The topological polar surface area (TPSA) is 57.2 Å². The summed E-state index contributed by atoms with van der Waals surface area (Å²) in [6.07, 6.45) is 0. The van der Waals surface area contributed by atoms with Gasteiger partial charge in [0.05, 0.1) is 13.7 Å². The van der Waals surface area contributed by atoms with Crippen LogP contribution < -0.4 is 16.0 Å². The Morgan fingerprint density at radius 1 is 1.10 bits per heavy atom. The van der Waals surface area contributed by atoms with Crippen LogP contribution in [-0.4, -0.2) is 11.7 Å². The molecule has 21 heavy (non-hydrogen) atoms. The van der Waals surface area contributed by atoms with Crippen LogP contribution in [0.1, 0.15) is 5.56 Å². The van der Waals surface area contributed by atoms with Crippen molar-refractivity contribution in [2.75, 3.05) is 12.8 Å². The average Bonchev–Trinajstić information content (AvgIpc) is 2.51. The smallest absolute Gasteiger partial charge is 0.260 e. The number of benzene rings is 2. The summed E-state index contributed by atoms with van der Waals surface area (Å²) in [5.74, 6) is 1.22. The third-order valence-electron chi connectivity index (χ3n) is 3.53. The SMILES string of the molecule is COc1cccc(Cn2c(N)cc3ccccc3c2=O)c1. The molecule has 0 aliphatic heterocycles. The van der Waals surface area contributed by atoms with Crippen LogP contribution in [0.4, 0.5) is 5.82 Å². The maximum atomic E-state index is 12.6. The summed E-state index contributed by atoms with van der Waals surface area (Å²) >= 11 is 0. The standard InChI is InChI=1S/C17H16N2O2/c1-21-14-7-4-5-12(9-14)11-19-16(18)10-13-6-2-3-8-15(13)17(19)20/h2-10H,11,18H2,1H3. The summed E-state index contributed by atoms with van der Waals surface area (Å²) in [5.41, 5.74) is 6.93. The fourth-order valence-corrected chi connectivity index (χ4v) is 2.43. The van der Waals surface area contributed by atoms with Crippen molar-refractivity contribution >= 4 is 16.6 Å². The molecular formula is C17H16N2O2. The highest BCUT2D eigenvalue weighted by molar-refractivity contribution is 5.83. The van der Waals surface area contributed by atoms with E-state index in [0.717, 1.165) is 16.7 Å². The quantitative estimate of drug-likeness (QED) is 0.802. The number of rotatable bonds is 3. The van der Waals surface area contributed by atoms with E-state index in [1.54, 1.807) is 11.7 Å². The van der Waals surface area contributed by atoms with Crippen LogP contribution in [0.2, 0.25) is 0 Å². The molecule has 0 amide bonds. The van der Waals surface area contributed by atoms with Crippen molar-refractivity contribution in [2.45, 2.75) is 6.54 Å². The van der Waals surface area contributed by atoms with E-state index >= 15 is 0 Å². The summed E-state index contributed by atoms with van der Waals surface area (Å²) in [5, 5.41) is 1.54. The van der Waals surface area contributed by atoms with Crippen LogP contribution in [0.5, 0.6) is 5.75 Å². The molecule has 0 saturated carbocycles. The van der Waals surface area contributed by atoms with Crippen molar-refractivity contribution in [3.8, 4) is 5.75 Å². The highest BCUT2D eigenvalue weighted by Crippen LogP contribution is 2.17. The van der Waals surface area contributed by atoms with Gasteiger partial charge in [0.15, 0.2) is 0 Å². The first-order chi connectivity index (χ1) is 10.2. The number of pyridine rings is 1. The largest absolute Gasteiger partial charge is 0.497 e. The molecule has 0 aliphatic rings. The van der Waals surface area contributed by atoms with Gasteiger partial charge in [-0.2, -0.15) is 0 Å². The summed E-state index contributed by atoms with van der Waals surface area (Å²) in [7, 11) is 1.62. The van der Waals surface area contributed by atoms with E-state index in [4.69, 9.17) is 10.5 Å². The number of methoxy groups -OCH3 is 1. The predicted octanol–water partition coefficient (Wildman–Crippen LogP) is 2.64. The molecule has 2 aromatic carbocycles. The fourth-order valence-electron chi connectivity index (χ4n) is 2.43. The fraction of sp³-hybridized carbons (Fsp3) is 0.118.